The minimum Gasteiger partial charge on any atom is -0.354 e. The fraction of sp³-hybridized carbons (Fsp3) is 0.429. The third-order valence-corrected chi connectivity index (χ3v) is 3.62. The van der Waals surface area contributed by atoms with Gasteiger partial charge < -0.3 is 10.2 Å². The van der Waals surface area contributed by atoms with E-state index in [2.05, 4.69) is 11.4 Å². The average molecular weight is 281 g/mol. The van der Waals surface area contributed by atoms with Crippen molar-refractivity contribution in [3.63, 3.8) is 0 Å². The van der Waals surface area contributed by atoms with Gasteiger partial charge in [-0.05, 0) is 17.5 Å². The first kappa shape index (κ1) is 13.9. The molecule has 0 radical (unpaired) electrons. The second-order valence-corrected chi connectivity index (χ2v) is 4.89. The van der Waals surface area contributed by atoms with E-state index in [9.17, 15) is 9.59 Å². The Bertz CT molecular complexity index is 490. The molecule has 5 heteroatoms. The molecule has 0 saturated heterocycles. The van der Waals surface area contributed by atoms with Crippen molar-refractivity contribution in [2.24, 2.45) is 0 Å². The lowest BCUT2D eigenvalue weighted by atomic mass is 9.92. The van der Waals surface area contributed by atoms with Crippen molar-refractivity contribution < 1.29 is 9.59 Å². The maximum atomic E-state index is 11.9. The molecule has 2 amide bonds. The van der Waals surface area contributed by atoms with Gasteiger partial charge in [0.2, 0.25) is 11.8 Å². The molecule has 1 N–H and O–H groups in total. The molecule has 0 aromatic heterocycles. The molecule has 1 aromatic carbocycles. The standard InChI is InChI=1S/C14H17ClN2O2/c1-10(18)16-9-13-12-5-3-2-4-11(12)6-7-17(13)14(19)8-15/h2-5,13H,6-9H2,1H3,(H,16,18). The molecule has 2 rings (SSSR count). The van der Waals surface area contributed by atoms with Gasteiger partial charge in [0, 0.05) is 20.0 Å². The van der Waals surface area contributed by atoms with E-state index in [-0.39, 0.29) is 23.7 Å². The first-order chi connectivity index (χ1) is 9.13. The Kier molecular flexibility index (Phi) is 4.43. The van der Waals surface area contributed by atoms with Gasteiger partial charge >= 0.3 is 0 Å². The summed E-state index contributed by atoms with van der Waals surface area (Å²) in [5, 5.41) is 2.79. The predicted molar refractivity (Wildman–Crippen MR) is 74.0 cm³/mol. The molecule has 1 aliphatic heterocycles. The molecule has 0 fully saturated rings. The van der Waals surface area contributed by atoms with E-state index in [0.29, 0.717) is 13.1 Å². The topological polar surface area (TPSA) is 49.4 Å². The van der Waals surface area contributed by atoms with E-state index >= 15 is 0 Å². The third-order valence-electron chi connectivity index (χ3n) is 3.39. The van der Waals surface area contributed by atoms with E-state index in [1.54, 1.807) is 4.90 Å². The maximum absolute atomic E-state index is 11.9. The van der Waals surface area contributed by atoms with Gasteiger partial charge in [0.15, 0.2) is 0 Å². The van der Waals surface area contributed by atoms with Gasteiger partial charge in [0.1, 0.15) is 5.88 Å². The van der Waals surface area contributed by atoms with E-state index in [1.165, 1.54) is 12.5 Å². The fourth-order valence-electron chi connectivity index (χ4n) is 2.49. The highest BCUT2D eigenvalue weighted by Crippen LogP contribution is 2.29. The Morgan fingerprint density at radius 2 is 2.16 bits per heavy atom. The van der Waals surface area contributed by atoms with Crippen LogP contribution < -0.4 is 5.32 Å². The van der Waals surface area contributed by atoms with Gasteiger partial charge in [-0.1, -0.05) is 24.3 Å². The molecule has 0 bridgehead atoms. The fourth-order valence-corrected chi connectivity index (χ4v) is 2.64. The summed E-state index contributed by atoms with van der Waals surface area (Å²) >= 11 is 5.66. The molecule has 1 unspecified atom stereocenters. The molecule has 0 saturated carbocycles. The lowest BCUT2D eigenvalue weighted by Gasteiger charge is -2.37. The highest BCUT2D eigenvalue weighted by atomic mass is 35.5. The second-order valence-electron chi connectivity index (χ2n) is 4.62. The number of fused-ring (bicyclic) bond motifs is 1. The summed E-state index contributed by atoms with van der Waals surface area (Å²) in [4.78, 5) is 24.8. The number of hydrogen-bond donors (Lipinski definition) is 1. The van der Waals surface area contributed by atoms with Crippen molar-refractivity contribution >= 4 is 23.4 Å². The first-order valence-corrected chi connectivity index (χ1v) is 6.84. The lowest BCUT2D eigenvalue weighted by molar-refractivity contribution is -0.132. The summed E-state index contributed by atoms with van der Waals surface area (Å²) in [6.45, 7) is 2.55. The molecule has 0 aliphatic carbocycles. The summed E-state index contributed by atoms with van der Waals surface area (Å²) < 4.78 is 0. The predicted octanol–water partition coefficient (Wildman–Crippen LogP) is 1.49. The summed E-state index contributed by atoms with van der Waals surface area (Å²) in [5.41, 5.74) is 2.33. The minimum absolute atomic E-state index is 0.0290. The van der Waals surface area contributed by atoms with Crippen LogP contribution >= 0.6 is 11.6 Å². The normalized spacial score (nSPS) is 17.8. The molecule has 19 heavy (non-hydrogen) atoms. The number of amides is 2. The lowest BCUT2D eigenvalue weighted by Crippen LogP contribution is -2.45. The highest BCUT2D eigenvalue weighted by molar-refractivity contribution is 6.27. The number of nitrogens with zero attached hydrogens (tertiary/aromatic N) is 1. The highest BCUT2D eigenvalue weighted by Gasteiger charge is 2.29. The zero-order valence-corrected chi connectivity index (χ0v) is 11.6. The van der Waals surface area contributed by atoms with Gasteiger partial charge in [-0.2, -0.15) is 0 Å². The van der Waals surface area contributed by atoms with Gasteiger partial charge in [-0.3, -0.25) is 9.59 Å². The van der Waals surface area contributed by atoms with Crippen molar-refractivity contribution in [2.75, 3.05) is 19.0 Å². The van der Waals surface area contributed by atoms with E-state index in [1.807, 2.05) is 18.2 Å². The number of halogens is 1. The van der Waals surface area contributed by atoms with Gasteiger partial charge in [-0.15, -0.1) is 11.6 Å². The number of benzene rings is 1. The van der Waals surface area contributed by atoms with E-state index in [4.69, 9.17) is 11.6 Å². The Hall–Kier alpha value is -1.55. The van der Waals surface area contributed by atoms with Crippen LogP contribution in [-0.2, 0) is 16.0 Å². The SMILES string of the molecule is CC(=O)NCC1c2ccccc2CCN1C(=O)CCl. The van der Waals surface area contributed by atoms with Crippen LogP contribution in [0.25, 0.3) is 0 Å². The van der Waals surface area contributed by atoms with Crippen molar-refractivity contribution in [3.8, 4) is 0 Å². The van der Waals surface area contributed by atoms with Gasteiger partial charge in [0.25, 0.3) is 0 Å². The zero-order chi connectivity index (χ0) is 13.8. The number of hydrogen-bond acceptors (Lipinski definition) is 2. The number of carbonyl (C=O) groups excluding carboxylic acids is 2. The molecule has 1 aliphatic rings. The molecule has 4 nitrogen and oxygen atoms in total. The van der Waals surface area contributed by atoms with Crippen molar-refractivity contribution in [2.45, 2.75) is 19.4 Å². The van der Waals surface area contributed by atoms with Crippen LogP contribution in [0.5, 0.6) is 0 Å². The molecular weight excluding hydrogens is 264 g/mol. The summed E-state index contributed by atoms with van der Waals surface area (Å²) in [7, 11) is 0. The van der Waals surface area contributed by atoms with Crippen LogP contribution in [0.2, 0.25) is 0 Å². The number of rotatable bonds is 3. The molecule has 0 spiro atoms. The van der Waals surface area contributed by atoms with Crippen LogP contribution in [0, 0.1) is 0 Å². The van der Waals surface area contributed by atoms with Crippen molar-refractivity contribution in [1.29, 1.82) is 0 Å². The Morgan fingerprint density at radius 3 is 2.84 bits per heavy atom. The summed E-state index contributed by atoms with van der Waals surface area (Å²) in [6.07, 6.45) is 0.829. The summed E-state index contributed by atoms with van der Waals surface area (Å²) in [5.74, 6) is -0.216. The van der Waals surface area contributed by atoms with E-state index < -0.39 is 0 Å². The van der Waals surface area contributed by atoms with Crippen LogP contribution in [0.4, 0.5) is 0 Å². The average Bonchev–Trinajstić information content (AvgIpc) is 2.43. The third kappa shape index (κ3) is 3.07. The molecule has 1 atom stereocenters. The van der Waals surface area contributed by atoms with Gasteiger partial charge in [-0.25, -0.2) is 0 Å². The zero-order valence-electron chi connectivity index (χ0n) is 10.9. The Balaban J connectivity index is 2.28. The number of alkyl halides is 1. The van der Waals surface area contributed by atoms with Crippen LogP contribution in [0.15, 0.2) is 24.3 Å². The minimum atomic E-state index is -0.125. The second kappa shape index (κ2) is 6.06. The first-order valence-electron chi connectivity index (χ1n) is 6.31. The quantitative estimate of drug-likeness (QED) is 0.853. The smallest absolute Gasteiger partial charge is 0.238 e. The monoisotopic (exact) mass is 280 g/mol. The van der Waals surface area contributed by atoms with E-state index in [0.717, 1.165) is 12.0 Å². The summed E-state index contributed by atoms with van der Waals surface area (Å²) in [6, 6.07) is 7.90. The van der Waals surface area contributed by atoms with Gasteiger partial charge in [0.05, 0.1) is 6.04 Å². The Morgan fingerprint density at radius 1 is 1.42 bits per heavy atom. The van der Waals surface area contributed by atoms with Crippen LogP contribution in [-0.4, -0.2) is 35.7 Å². The molecule has 1 heterocycles. The molecule has 1 aromatic rings. The maximum Gasteiger partial charge on any atom is 0.238 e. The molecular formula is C14H17ClN2O2. The number of nitrogens with one attached hydrogen (secondary N) is 1. The van der Waals surface area contributed by atoms with Crippen LogP contribution in [0.3, 0.4) is 0 Å². The number of carbonyl (C=O) groups is 2. The van der Waals surface area contributed by atoms with Crippen molar-refractivity contribution in [1.82, 2.24) is 10.2 Å². The Labute approximate surface area is 117 Å². The van der Waals surface area contributed by atoms with Crippen molar-refractivity contribution in [3.05, 3.63) is 35.4 Å². The molecule has 102 valence electrons. The largest absolute Gasteiger partial charge is 0.354 e. The van der Waals surface area contributed by atoms with Crippen LogP contribution in [0.1, 0.15) is 24.1 Å².